The molecule has 2 rings (SSSR count). The number of halogens is 2. The lowest BCUT2D eigenvalue weighted by atomic mass is 10.1. The van der Waals surface area contributed by atoms with E-state index in [2.05, 4.69) is 27.4 Å². The summed E-state index contributed by atoms with van der Waals surface area (Å²) in [6, 6.07) is 1.45. The minimum absolute atomic E-state index is 0.362. The molecule has 6 atom stereocenters. The number of anilines is 1. The molecule has 7 nitrogen and oxygen atoms in total. The lowest BCUT2D eigenvalue weighted by molar-refractivity contribution is -0.135. The predicted octanol–water partition coefficient (Wildman–Crippen LogP) is 1.36. The van der Waals surface area contributed by atoms with Gasteiger partial charge in [-0.15, -0.1) is 0 Å². The van der Waals surface area contributed by atoms with Gasteiger partial charge in [-0.3, -0.25) is 4.57 Å². The fourth-order valence-electron chi connectivity index (χ4n) is 2.16. The SMILES string of the molecule is CN(c1ccn(C2OC(CO)C(OP)C2(F)F)c(=O)n1)P(P)P. The molecule has 1 aliphatic rings. The molecular weight excluding hydrogens is 388 g/mol. The Balaban J connectivity index is 2.37. The van der Waals surface area contributed by atoms with E-state index < -0.39 is 44.1 Å². The summed E-state index contributed by atoms with van der Waals surface area (Å²) < 4.78 is 41.0. The van der Waals surface area contributed by atoms with E-state index in [0.29, 0.717) is 10.4 Å². The first kappa shape index (κ1) is 19.5. The molecule has 0 aliphatic carbocycles. The van der Waals surface area contributed by atoms with Crippen LogP contribution in [0.5, 0.6) is 0 Å². The number of aliphatic hydroxyl groups is 1. The van der Waals surface area contributed by atoms with Gasteiger partial charge in [-0.2, -0.15) is 13.8 Å². The third-order valence-corrected chi connectivity index (χ3v) is 6.69. The van der Waals surface area contributed by atoms with Crippen LogP contribution in [-0.2, 0) is 9.26 Å². The maximum Gasteiger partial charge on any atom is 0.351 e. The molecule has 1 N–H and O–H groups in total. The van der Waals surface area contributed by atoms with Gasteiger partial charge in [0.25, 0.3) is 0 Å². The second-order valence-corrected chi connectivity index (χ2v) is 11.4. The van der Waals surface area contributed by atoms with Gasteiger partial charge in [0, 0.05) is 30.2 Å². The first-order valence-electron chi connectivity index (χ1n) is 6.36. The third kappa shape index (κ3) is 3.72. The van der Waals surface area contributed by atoms with Crippen LogP contribution in [0.2, 0.25) is 0 Å². The highest BCUT2D eigenvalue weighted by Gasteiger charge is 2.60. The lowest BCUT2D eigenvalue weighted by Crippen LogP contribution is -2.42. The normalized spacial score (nSPS) is 26.7. The van der Waals surface area contributed by atoms with E-state index in [0.717, 1.165) is 0 Å². The molecule has 1 aromatic rings. The van der Waals surface area contributed by atoms with E-state index >= 15 is 0 Å². The van der Waals surface area contributed by atoms with Crippen LogP contribution in [0.25, 0.3) is 0 Å². The van der Waals surface area contributed by atoms with Gasteiger partial charge < -0.3 is 19.0 Å². The van der Waals surface area contributed by atoms with E-state index in [1.165, 1.54) is 12.3 Å². The topological polar surface area (TPSA) is 76.8 Å². The van der Waals surface area contributed by atoms with E-state index in [-0.39, 0.29) is 0 Å². The van der Waals surface area contributed by atoms with Gasteiger partial charge in [0.05, 0.1) is 6.61 Å². The smallest absolute Gasteiger partial charge is 0.351 e. The minimum atomic E-state index is -3.50. The molecule has 13 heteroatoms. The number of aromatic nitrogens is 2. The Morgan fingerprint density at radius 2 is 2.26 bits per heavy atom. The van der Waals surface area contributed by atoms with Crippen LogP contribution in [0, 0.1) is 0 Å². The van der Waals surface area contributed by atoms with E-state index in [1.807, 2.05) is 0 Å². The summed E-state index contributed by atoms with van der Waals surface area (Å²) in [5.41, 5.74) is -0.869. The van der Waals surface area contributed by atoms with Crippen molar-refractivity contribution in [1.82, 2.24) is 9.55 Å². The molecule has 1 saturated heterocycles. The predicted molar refractivity (Wildman–Crippen MR) is 93.8 cm³/mol. The highest BCUT2D eigenvalue weighted by Crippen LogP contribution is 2.56. The second-order valence-electron chi connectivity index (χ2n) is 4.82. The summed E-state index contributed by atoms with van der Waals surface area (Å²) in [5.74, 6) is -3.14. The number of hydrogen-bond donors (Lipinski definition) is 1. The molecule has 0 aromatic carbocycles. The first-order valence-corrected chi connectivity index (χ1v) is 11.4. The molecule has 1 fully saturated rings. The molecule has 6 unspecified atom stereocenters. The Bertz CT molecular complexity index is 620. The maximum atomic E-state index is 14.4. The highest BCUT2D eigenvalue weighted by molar-refractivity contribution is 8.43. The summed E-state index contributed by atoms with van der Waals surface area (Å²) in [5, 5.41) is 9.15. The molecule has 0 radical (unpaired) electrons. The van der Waals surface area contributed by atoms with Crippen molar-refractivity contribution in [3.63, 3.8) is 0 Å². The standard InChI is InChI=1S/C10H17F2N3O4P4/c1-14(23(21)22)6-2-3-15(9(17)13-6)8-10(11,12)7(19-20)5(4-16)18-8/h2-3,5,7-8,16H,4,20-22H2,1H3. The zero-order valence-corrected chi connectivity index (χ0v) is 16.4. The highest BCUT2D eigenvalue weighted by atomic mass is 32.4. The molecular formula is C10H17F2N3O4P4. The maximum absolute atomic E-state index is 14.4. The summed E-state index contributed by atoms with van der Waals surface area (Å²) in [6.45, 7) is -0.654. The van der Waals surface area contributed by atoms with Gasteiger partial charge in [-0.25, -0.2) is 4.79 Å². The van der Waals surface area contributed by atoms with Gasteiger partial charge >= 0.3 is 11.6 Å². The summed E-state index contributed by atoms with van der Waals surface area (Å²) in [4.78, 5) is 15.9. The second kappa shape index (κ2) is 7.58. The summed E-state index contributed by atoms with van der Waals surface area (Å²) >= 11 is 0. The van der Waals surface area contributed by atoms with Crippen molar-refractivity contribution in [2.75, 3.05) is 18.3 Å². The molecule has 23 heavy (non-hydrogen) atoms. The van der Waals surface area contributed by atoms with Gasteiger partial charge in [0.15, 0.2) is 6.10 Å². The Morgan fingerprint density at radius 1 is 1.61 bits per heavy atom. The number of hydrogen-bond acceptors (Lipinski definition) is 6. The van der Waals surface area contributed by atoms with Crippen LogP contribution in [0.15, 0.2) is 17.1 Å². The Morgan fingerprint density at radius 3 is 2.70 bits per heavy atom. The molecule has 0 bridgehead atoms. The molecule has 0 saturated carbocycles. The Labute approximate surface area is 139 Å². The minimum Gasteiger partial charge on any atom is -0.394 e. The van der Waals surface area contributed by atoms with Crippen LogP contribution in [-0.4, -0.2) is 46.4 Å². The third-order valence-electron chi connectivity index (χ3n) is 3.42. The van der Waals surface area contributed by atoms with Gasteiger partial charge in [0.2, 0.25) is 6.23 Å². The zero-order chi connectivity index (χ0) is 17.4. The van der Waals surface area contributed by atoms with Crippen LogP contribution in [0.1, 0.15) is 6.23 Å². The molecule has 0 amide bonds. The number of aliphatic hydroxyl groups excluding tert-OH is 1. The van der Waals surface area contributed by atoms with Crippen molar-refractivity contribution >= 4 is 40.6 Å². The largest absolute Gasteiger partial charge is 0.394 e. The molecule has 130 valence electrons. The van der Waals surface area contributed by atoms with E-state index in [4.69, 9.17) is 9.84 Å². The zero-order valence-electron chi connectivity index (χ0n) is 12.0. The van der Waals surface area contributed by atoms with E-state index in [9.17, 15) is 13.6 Å². The van der Waals surface area contributed by atoms with Crippen molar-refractivity contribution < 1.29 is 23.1 Å². The van der Waals surface area contributed by atoms with Gasteiger partial charge in [0.1, 0.15) is 11.9 Å². The van der Waals surface area contributed by atoms with Crippen LogP contribution in [0.3, 0.4) is 0 Å². The van der Waals surface area contributed by atoms with Crippen molar-refractivity contribution in [3.8, 4) is 0 Å². The molecule has 1 aromatic heterocycles. The van der Waals surface area contributed by atoms with Crippen LogP contribution in [0.4, 0.5) is 14.6 Å². The quantitative estimate of drug-likeness (QED) is 0.746. The number of rotatable bonds is 5. The van der Waals surface area contributed by atoms with E-state index in [1.54, 1.807) is 21.2 Å². The van der Waals surface area contributed by atoms with Crippen molar-refractivity contribution in [2.45, 2.75) is 24.4 Å². The summed E-state index contributed by atoms with van der Waals surface area (Å²) in [6.07, 6.45) is -3.61. The lowest BCUT2D eigenvalue weighted by Gasteiger charge is -2.24. The average molecular weight is 405 g/mol. The Hall–Kier alpha value is 0.140. The van der Waals surface area contributed by atoms with Gasteiger partial charge in [-0.05, 0) is 6.07 Å². The fraction of sp³-hybridized carbons (Fsp3) is 0.600. The fourth-order valence-corrected chi connectivity index (χ4v) is 3.58. The molecule has 0 spiro atoms. The van der Waals surface area contributed by atoms with Crippen molar-refractivity contribution in [2.24, 2.45) is 0 Å². The first-order chi connectivity index (χ1) is 10.7. The number of alkyl halides is 2. The Kier molecular flexibility index (Phi) is 6.41. The monoisotopic (exact) mass is 405 g/mol. The summed E-state index contributed by atoms with van der Waals surface area (Å²) in [7, 11) is 7.91. The van der Waals surface area contributed by atoms with Crippen molar-refractivity contribution in [1.29, 1.82) is 0 Å². The van der Waals surface area contributed by atoms with Crippen LogP contribution < -0.4 is 10.4 Å². The van der Waals surface area contributed by atoms with Crippen molar-refractivity contribution in [3.05, 3.63) is 22.7 Å². The number of ether oxygens (including phenoxy) is 1. The molecule has 1 aliphatic heterocycles. The van der Waals surface area contributed by atoms with Gasteiger partial charge in [-0.1, -0.05) is 17.9 Å². The number of nitrogens with zero attached hydrogens (tertiary/aromatic N) is 3. The average Bonchev–Trinajstić information content (AvgIpc) is 2.76. The molecule has 2 heterocycles. The van der Waals surface area contributed by atoms with Crippen LogP contribution >= 0.6 is 34.8 Å².